The molecule has 218 valence electrons. The van der Waals surface area contributed by atoms with Gasteiger partial charge >= 0.3 is 10.8 Å². The summed E-state index contributed by atoms with van der Waals surface area (Å²) in [6, 6.07) is 22.6. The Kier molecular flexibility index (Phi) is 8.08. The van der Waals surface area contributed by atoms with Crippen molar-refractivity contribution in [1.29, 1.82) is 0 Å². The Balaban J connectivity index is 1.32. The molecule has 3 atom stereocenters. The van der Waals surface area contributed by atoms with E-state index in [1.807, 2.05) is 30.3 Å². The van der Waals surface area contributed by atoms with Crippen molar-refractivity contribution >= 4 is 74.1 Å². The molecule has 2 aliphatic rings. The zero-order valence-electron chi connectivity index (χ0n) is 22.7. The Morgan fingerprint density at radius 1 is 0.930 bits per heavy atom. The second kappa shape index (κ2) is 11.9. The first-order chi connectivity index (χ1) is 20.8. The van der Waals surface area contributed by atoms with Gasteiger partial charge in [-0.15, -0.1) is 0 Å². The molecular formula is C31H24BrN3O6S2. The molecule has 3 amide bonds. The van der Waals surface area contributed by atoms with Crippen molar-refractivity contribution in [3.05, 3.63) is 109 Å². The number of nitrogens with one attached hydrogen (secondary N) is 1. The van der Waals surface area contributed by atoms with E-state index in [-0.39, 0.29) is 29.8 Å². The zero-order chi connectivity index (χ0) is 30.2. The van der Waals surface area contributed by atoms with Crippen LogP contribution >= 0.6 is 39.0 Å². The Labute approximate surface area is 263 Å². The van der Waals surface area contributed by atoms with E-state index in [0.717, 1.165) is 21.4 Å². The lowest BCUT2D eigenvalue weighted by Crippen LogP contribution is -2.33. The van der Waals surface area contributed by atoms with Crippen LogP contribution in [-0.4, -0.2) is 40.1 Å². The highest BCUT2D eigenvalue weighted by Gasteiger charge is 2.56. The smallest absolute Gasteiger partial charge is 0.338 e. The van der Waals surface area contributed by atoms with Crippen LogP contribution in [0.25, 0.3) is 0 Å². The number of hydrogen-bond donors (Lipinski definition) is 1. The maximum Gasteiger partial charge on any atom is 0.338 e. The van der Waals surface area contributed by atoms with E-state index in [2.05, 4.69) is 21.2 Å². The van der Waals surface area contributed by atoms with Crippen LogP contribution in [0.4, 0.5) is 11.4 Å². The van der Waals surface area contributed by atoms with E-state index in [0.29, 0.717) is 26.8 Å². The third-order valence-corrected chi connectivity index (χ3v) is 10.4. The first-order valence-corrected chi connectivity index (χ1v) is 15.9. The van der Waals surface area contributed by atoms with E-state index in [4.69, 9.17) is 4.74 Å². The fraction of sp³-hybridized carbons (Fsp3) is 0.194. The number of rotatable bonds is 7. The summed E-state index contributed by atoms with van der Waals surface area (Å²) in [6.07, 6.45) is 0. The summed E-state index contributed by atoms with van der Waals surface area (Å²) in [5, 5.41) is 2.50. The minimum absolute atomic E-state index is 0.254. The van der Waals surface area contributed by atoms with E-state index >= 15 is 0 Å². The van der Waals surface area contributed by atoms with Gasteiger partial charge in [-0.05, 0) is 61.0 Å². The van der Waals surface area contributed by atoms with Crippen LogP contribution in [-0.2, 0) is 25.7 Å². The number of hydrogen-bond acceptors (Lipinski definition) is 8. The number of carbonyl (C=O) groups is 4. The molecule has 43 heavy (non-hydrogen) atoms. The van der Waals surface area contributed by atoms with Gasteiger partial charge in [0, 0.05) is 21.0 Å². The van der Waals surface area contributed by atoms with Gasteiger partial charge in [0.05, 0.1) is 28.8 Å². The quantitative estimate of drug-likeness (QED) is 0.209. The van der Waals surface area contributed by atoms with E-state index in [1.54, 1.807) is 55.5 Å². The number of esters is 1. The lowest BCUT2D eigenvalue weighted by Gasteiger charge is -2.30. The third-order valence-electron chi connectivity index (χ3n) is 7.27. The number of fused-ring (bicyclic) bond motifs is 2. The van der Waals surface area contributed by atoms with Crippen molar-refractivity contribution in [3.63, 3.8) is 0 Å². The normalized spacial score (nSPS) is 19.1. The summed E-state index contributed by atoms with van der Waals surface area (Å²) in [6.45, 7) is 1.69. The number of aromatic nitrogens is 1. The number of imide groups is 1. The number of anilines is 2. The number of benzene rings is 3. The van der Waals surface area contributed by atoms with Crippen LogP contribution in [0.2, 0.25) is 0 Å². The molecule has 2 aliphatic heterocycles. The van der Waals surface area contributed by atoms with Crippen LogP contribution in [0.1, 0.15) is 33.6 Å². The van der Waals surface area contributed by atoms with E-state index in [9.17, 15) is 24.0 Å². The van der Waals surface area contributed by atoms with Gasteiger partial charge in [0.15, 0.2) is 0 Å². The SMILES string of the molecule is CCOC(=O)c1ccc(NC(=O)Cn2c3c(sc2=O)C(c2ccccc2)C2C(=O)N(c4ccc(Br)cc4)C(=O)C2S3)cc1. The minimum Gasteiger partial charge on any atom is -0.462 e. The molecule has 0 radical (unpaired) electrons. The van der Waals surface area contributed by atoms with Gasteiger partial charge in [0.25, 0.3) is 0 Å². The Hall–Kier alpha value is -4.00. The monoisotopic (exact) mass is 677 g/mol. The van der Waals surface area contributed by atoms with Crippen LogP contribution in [0.5, 0.6) is 0 Å². The molecule has 6 rings (SSSR count). The highest BCUT2D eigenvalue weighted by atomic mass is 79.9. The Morgan fingerprint density at radius 2 is 1.63 bits per heavy atom. The number of carbonyl (C=O) groups excluding carboxylic acids is 4. The van der Waals surface area contributed by atoms with Gasteiger partial charge in [-0.3, -0.25) is 23.7 Å². The average Bonchev–Trinajstić information content (AvgIpc) is 3.44. The van der Waals surface area contributed by atoms with Crippen LogP contribution in [0.3, 0.4) is 0 Å². The average molecular weight is 679 g/mol. The Bertz CT molecular complexity index is 1790. The van der Waals surface area contributed by atoms with Crippen molar-refractivity contribution in [2.45, 2.75) is 29.7 Å². The fourth-order valence-corrected chi connectivity index (χ4v) is 8.41. The number of ether oxygens (including phenoxy) is 1. The largest absolute Gasteiger partial charge is 0.462 e. The van der Waals surface area contributed by atoms with Gasteiger partial charge in [-0.25, -0.2) is 9.69 Å². The molecule has 1 saturated heterocycles. The molecule has 3 heterocycles. The van der Waals surface area contributed by atoms with Crippen LogP contribution in [0, 0.1) is 5.92 Å². The molecular weight excluding hydrogens is 654 g/mol. The van der Waals surface area contributed by atoms with Crippen molar-refractivity contribution in [2.75, 3.05) is 16.8 Å². The summed E-state index contributed by atoms with van der Waals surface area (Å²) < 4.78 is 7.19. The maximum atomic E-state index is 13.9. The van der Waals surface area contributed by atoms with Gasteiger partial charge in [0.2, 0.25) is 17.7 Å². The highest BCUT2D eigenvalue weighted by Crippen LogP contribution is 2.53. The molecule has 0 bridgehead atoms. The lowest BCUT2D eigenvalue weighted by atomic mass is 9.83. The van der Waals surface area contributed by atoms with Gasteiger partial charge < -0.3 is 10.1 Å². The minimum atomic E-state index is -0.771. The maximum absolute atomic E-state index is 13.9. The topological polar surface area (TPSA) is 115 Å². The summed E-state index contributed by atoms with van der Waals surface area (Å²) in [4.78, 5) is 67.6. The predicted molar refractivity (Wildman–Crippen MR) is 168 cm³/mol. The van der Waals surface area contributed by atoms with Crippen molar-refractivity contribution < 1.29 is 23.9 Å². The van der Waals surface area contributed by atoms with Gasteiger partial charge in [-0.2, -0.15) is 0 Å². The predicted octanol–water partition coefficient (Wildman–Crippen LogP) is 5.28. The first kappa shape index (κ1) is 29.1. The molecule has 3 unspecified atom stereocenters. The Morgan fingerprint density at radius 3 is 2.30 bits per heavy atom. The van der Waals surface area contributed by atoms with Crippen molar-refractivity contribution in [1.82, 2.24) is 4.57 Å². The third kappa shape index (κ3) is 5.46. The summed E-state index contributed by atoms with van der Waals surface area (Å²) >= 11 is 5.56. The number of halogens is 1. The summed E-state index contributed by atoms with van der Waals surface area (Å²) in [7, 11) is 0. The molecule has 0 spiro atoms. The van der Waals surface area contributed by atoms with Crippen LogP contribution < -0.4 is 15.1 Å². The summed E-state index contributed by atoms with van der Waals surface area (Å²) in [5.41, 5.74) is 2.10. The molecule has 3 aromatic carbocycles. The highest BCUT2D eigenvalue weighted by molar-refractivity contribution is 9.10. The number of nitrogens with zero attached hydrogens (tertiary/aromatic N) is 2. The van der Waals surface area contributed by atoms with Crippen LogP contribution in [0.15, 0.2) is 93.2 Å². The number of amides is 3. The van der Waals surface area contributed by atoms with E-state index < -0.39 is 29.0 Å². The molecule has 4 aromatic rings. The second-order valence-electron chi connectivity index (χ2n) is 9.91. The second-order valence-corrected chi connectivity index (χ2v) is 12.9. The molecule has 1 N–H and O–H groups in total. The molecule has 9 nitrogen and oxygen atoms in total. The molecule has 0 aliphatic carbocycles. The fourth-order valence-electron chi connectivity index (χ4n) is 5.37. The van der Waals surface area contributed by atoms with Crippen molar-refractivity contribution in [2.24, 2.45) is 5.92 Å². The summed E-state index contributed by atoms with van der Waals surface area (Å²) in [5.74, 6) is -2.83. The standard InChI is InChI=1S/C31H24BrN3O6S2/c1-2-41-30(39)18-8-12-20(13-9-18)33-22(36)16-34-29-26(43-31(34)40)23(17-6-4-3-5-7-17)24-25(42-29)28(38)35(27(24)37)21-14-10-19(32)11-15-21/h3-15,23-25H,2,16H2,1H3,(H,33,36). The molecule has 1 fully saturated rings. The van der Waals surface area contributed by atoms with Crippen molar-refractivity contribution in [3.8, 4) is 0 Å². The number of thioether (sulfide) groups is 1. The van der Waals surface area contributed by atoms with E-state index in [1.165, 1.54) is 21.2 Å². The first-order valence-electron chi connectivity index (χ1n) is 13.4. The van der Waals surface area contributed by atoms with Gasteiger partial charge in [0.1, 0.15) is 11.8 Å². The van der Waals surface area contributed by atoms with Gasteiger partial charge in [-0.1, -0.05) is 69.4 Å². The zero-order valence-corrected chi connectivity index (χ0v) is 25.9. The molecule has 1 aromatic heterocycles. The number of thiazole rings is 1. The lowest BCUT2D eigenvalue weighted by molar-refractivity contribution is -0.122. The molecule has 0 saturated carbocycles. The molecule has 12 heteroatoms.